The molecule has 4 heteroatoms. The Bertz CT molecular complexity index is 520. The molecule has 4 nitrogen and oxygen atoms in total. The highest BCUT2D eigenvalue weighted by molar-refractivity contribution is 5.57. The van der Waals surface area contributed by atoms with E-state index in [9.17, 15) is 0 Å². The van der Waals surface area contributed by atoms with E-state index in [2.05, 4.69) is 112 Å². The highest BCUT2D eigenvalue weighted by atomic mass is 15.2. The van der Waals surface area contributed by atoms with Crippen LogP contribution in [0, 0.1) is 11.8 Å². The van der Waals surface area contributed by atoms with Crippen molar-refractivity contribution < 1.29 is 0 Å². The molecule has 0 aromatic carbocycles. The number of aliphatic imine (C=N–C) groups is 2. The first kappa shape index (κ1) is 29.9. The van der Waals surface area contributed by atoms with Crippen LogP contribution in [-0.2, 0) is 0 Å². The van der Waals surface area contributed by atoms with Crippen molar-refractivity contribution in [2.75, 3.05) is 6.54 Å². The molecule has 2 atom stereocenters. The molecule has 0 aromatic rings. The van der Waals surface area contributed by atoms with Crippen LogP contribution in [0.2, 0.25) is 0 Å². The van der Waals surface area contributed by atoms with E-state index in [1.165, 1.54) is 19.3 Å². The zero-order valence-corrected chi connectivity index (χ0v) is 23.4. The number of nitrogens with zero attached hydrogens (tertiary/aromatic N) is 4. The lowest BCUT2D eigenvalue weighted by molar-refractivity contribution is 0.212. The largest absolute Gasteiger partial charge is 0.360 e. The van der Waals surface area contributed by atoms with E-state index in [1.807, 2.05) is 0 Å². The van der Waals surface area contributed by atoms with E-state index in [0.29, 0.717) is 30.0 Å². The third-order valence-electron chi connectivity index (χ3n) is 5.37. The molecular formula is C27H56N4. The minimum Gasteiger partial charge on any atom is -0.360 e. The van der Waals surface area contributed by atoms with Crippen LogP contribution in [-0.4, -0.2) is 58.2 Å². The van der Waals surface area contributed by atoms with Gasteiger partial charge >= 0.3 is 0 Å². The van der Waals surface area contributed by atoms with Gasteiger partial charge in [0.1, 0.15) is 0 Å². The summed E-state index contributed by atoms with van der Waals surface area (Å²) in [5.74, 6) is 1.38. The Labute approximate surface area is 196 Å². The zero-order chi connectivity index (χ0) is 24.4. The van der Waals surface area contributed by atoms with Crippen molar-refractivity contribution in [3.05, 3.63) is 0 Å². The lowest BCUT2D eigenvalue weighted by atomic mass is 9.95. The van der Waals surface area contributed by atoms with Crippen molar-refractivity contribution in [2.45, 2.75) is 145 Å². The molecule has 0 saturated carbocycles. The van der Waals surface area contributed by atoms with E-state index in [-0.39, 0.29) is 11.1 Å². The van der Waals surface area contributed by atoms with E-state index in [0.717, 1.165) is 13.0 Å². The Balaban J connectivity index is 5.48. The molecule has 0 aromatic heterocycles. The van der Waals surface area contributed by atoms with E-state index >= 15 is 0 Å². The first-order valence-corrected chi connectivity index (χ1v) is 12.7. The molecule has 0 N–H and O–H groups in total. The minimum absolute atomic E-state index is 0.0376. The van der Waals surface area contributed by atoms with Gasteiger partial charge in [-0.25, -0.2) is 0 Å². The highest BCUT2D eigenvalue weighted by Gasteiger charge is 2.22. The van der Waals surface area contributed by atoms with Crippen molar-refractivity contribution in [3.63, 3.8) is 0 Å². The fraction of sp³-hybridized carbons (Fsp3) is 0.926. The van der Waals surface area contributed by atoms with Gasteiger partial charge in [-0.1, -0.05) is 27.7 Å². The molecule has 0 amide bonds. The monoisotopic (exact) mass is 436 g/mol. The van der Waals surface area contributed by atoms with Crippen molar-refractivity contribution in [3.8, 4) is 0 Å². The summed E-state index contributed by atoms with van der Waals surface area (Å²) in [5, 5.41) is 0. The van der Waals surface area contributed by atoms with Gasteiger partial charge in [-0.3, -0.25) is 9.98 Å². The summed E-state index contributed by atoms with van der Waals surface area (Å²) in [6.45, 7) is 30.3. The van der Waals surface area contributed by atoms with Crippen molar-refractivity contribution in [2.24, 2.45) is 21.8 Å². The first-order valence-electron chi connectivity index (χ1n) is 12.7. The lowest BCUT2D eigenvalue weighted by Gasteiger charge is -2.36. The normalized spacial score (nSPS) is 15.6. The van der Waals surface area contributed by atoms with E-state index < -0.39 is 0 Å². The van der Waals surface area contributed by atoms with Crippen LogP contribution in [0.1, 0.15) is 116 Å². The molecule has 0 saturated heterocycles. The van der Waals surface area contributed by atoms with Crippen LogP contribution >= 0.6 is 0 Å². The second kappa shape index (κ2) is 13.5. The summed E-state index contributed by atoms with van der Waals surface area (Å²) in [7, 11) is 0. The standard InChI is InChI=1S/C27H56N4/c1-21(2)16-17-30(19-28-26(8,9)10)25(18-22(3)4)15-14-24(7)31(23(5)6)20-29-27(11,12)13/h19-25H,14-18H2,1-13H3/b28-19+,29-20+. The Hall–Kier alpha value is -1.06. The molecule has 0 aliphatic heterocycles. The summed E-state index contributed by atoms with van der Waals surface area (Å²) >= 11 is 0. The summed E-state index contributed by atoms with van der Waals surface area (Å²) in [6, 6.07) is 1.44. The van der Waals surface area contributed by atoms with Crippen LogP contribution in [0.15, 0.2) is 9.98 Å². The Morgan fingerprint density at radius 1 is 0.677 bits per heavy atom. The highest BCUT2D eigenvalue weighted by Crippen LogP contribution is 2.21. The molecule has 0 spiro atoms. The fourth-order valence-corrected chi connectivity index (χ4v) is 3.53. The second-order valence-corrected chi connectivity index (χ2v) is 12.5. The molecule has 0 bridgehead atoms. The predicted octanol–water partition coefficient (Wildman–Crippen LogP) is 7.28. The van der Waals surface area contributed by atoms with Gasteiger partial charge in [0.2, 0.25) is 0 Å². The number of hydrogen-bond acceptors (Lipinski definition) is 2. The topological polar surface area (TPSA) is 31.2 Å². The van der Waals surface area contributed by atoms with Gasteiger partial charge in [-0.05, 0) is 99.8 Å². The van der Waals surface area contributed by atoms with Crippen molar-refractivity contribution in [1.29, 1.82) is 0 Å². The first-order chi connectivity index (χ1) is 14.0. The van der Waals surface area contributed by atoms with Gasteiger partial charge in [0.15, 0.2) is 0 Å². The molecule has 0 aliphatic rings. The van der Waals surface area contributed by atoms with Crippen LogP contribution < -0.4 is 0 Å². The number of hydrogen-bond donors (Lipinski definition) is 0. The van der Waals surface area contributed by atoms with Crippen molar-refractivity contribution in [1.82, 2.24) is 9.80 Å². The smallest absolute Gasteiger partial charge is 0.0861 e. The fourth-order valence-electron chi connectivity index (χ4n) is 3.53. The Kier molecular flexibility index (Phi) is 13.0. The predicted molar refractivity (Wildman–Crippen MR) is 142 cm³/mol. The SMILES string of the molecule is CC(C)CCN(/C=N/C(C)(C)C)C(CCC(C)N(/C=N/C(C)(C)C)C(C)C)CC(C)C. The van der Waals surface area contributed by atoms with E-state index in [4.69, 9.17) is 9.98 Å². The molecule has 0 fully saturated rings. The summed E-state index contributed by atoms with van der Waals surface area (Å²) < 4.78 is 0. The second-order valence-electron chi connectivity index (χ2n) is 12.5. The molecule has 2 unspecified atom stereocenters. The third-order valence-corrected chi connectivity index (χ3v) is 5.37. The van der Waals surface area contributed by atoms with Crippen LogP contribution in [0.5, 0.6) is 0 Å². The maximum Gasteiger partial charge on any atom is 0.0861 e. The molecule has 0 heterocycles. The van der Waals surface area contributed by atoms with Crippen LogP contribution in [0.4, 0.5) is 0 Å². The van der Waals surface area contributed by atoms with E-state index in [1.54, 1.807) is 0 Å². The van der Waals surface area contributed by atoms with Gasteiger partial charge in [-0.15, -0.1) is 0 Å². The maximum absolute atomic E-state index is 4.88. The Morgan fingerprint density at radius 3 is 1.61 bits per heavy atom. The minimum atomic E-state index is -0.0381. The van der Waals surface area contributed by atoms with Crippen molar-refractivity contribution >= 4 is 12.7 Å². The zero-order valence-electron chi connectivity index (χ0n) is 23.4. The molecule has 0 radical (unpaired) electrons. The van der Waals surface area contributed by atoms with Gasteiger partial charge in [0, 0.05) is 24.7 Å². The van der Waals surface area contributed by atoms with Crippen LogP contribution in [0.25, 0.3) is 0 Å². The molecule has 184 valence electrons. The summed E-state index contributed by atoms with van der Waals surface area (Å²) in [6.07, 6.45) is 8.99. The molecule has 0 rings (SSSR count). The van der Waals surface area contributed by atoms with Gasteiger partial charge in [0.05, 0.1) is 23.8 Å². The van der Waals surface area contributed by atoms with Gasteiger partial charge in [-0.2, -0.15) is 0 Å². The number of rotatable bonds is 13. The molecule has 31 heavy (non-hydrogen) atoms. The third kappa shape index (κ3) is 15.4. The van der Waals surface area contributed by atoms with Gasteiger partial charge in [0.25, 0.3) is 0 Å². The average Bonchev–Trinajstić information content (AvgIpc) is 2.56. The van der Waals surface area contributed by atoms with Crippen LogP contribution in [0.3, 0.4) is 0 Å². The Morgan fingerprint density at radius 2 is 1.19 bits per heavy atom. The average molecular weight is 437 g/mol. The molecule has 0 aliphatic carbocycles. The molecular weight excluding hydrogens is 380 g/mol. The lowest BCUT2D eigenvalue weighted by Crippen LogP contribution is -2.41. The maximum atomic E-state index is 4.88. The summed E-state index contributed by atoms with van der Waals surface area (Å²) in [5.41, 5.74) is -0.0757. The quantitative estimate of drug-likeness (QED) is 0.224. The summed E-state index contributed by atoms with van der Waals surface area (Å²) in [4.78, 5) is 14.6. The van der Waals surface area contributed by atoms with Gasteiger partial charge < -0.3 is 9.80 Å².